The van der Waals surface area contributed by atoms with Gasteiger partial charge >= 0.3 is 5.97 Å². The lowest BCUT2D eigenvalue weighted by Gasteiger charge is -2.12. The van der Waals surface area contributed by atoms with E-state index in [1.807, 2.05) is 0 Å². The molecular formula is C10H18N2O3. The number of hydrogen-bond acceptors (Lipinski definition) is 3. The van der Waals surface area contributed by atoms with Crippen LogP contribution in [0.2, 0.25) is 0 Å². The monoisotopic (exact) mass is 214 g/mol. The van der Waals surface area contributed by atoms with Crippen molar-refractivity contribution < 1.29 is 14.7 Å². The summed E-state index contributed by atoms with van der Waals surface area (Å²) in [7, 11) is 1.79. The van der Waals surface area contributed by atoms with Crippen molar-refractivity contribution in [3.05, 3.63) is 0 Å². The topological polar surface area (TPSA) is 78.4 Å². The molecule has 0 aromatic rings. The maximum absolute atomic E-state index is 11.3. The molecule has 3 N–H and O–H groups in total. The average Bonchev–Trinajstić information content (AvgIpc) is 2.63. The first-order valence-corrected chi connectivity index (χ1v) is 5.30. The van der Waals surface area contributed by atoms with Crippen LogP contribution in [0.5, 0.6) is 0 Å². The first kappa shape index (κ1) is 12.0. The highest BCUT2D eigenvalue weighted by molar-refractivity contribution is 5.77. The van der Waals surface area contributed by atoms with Gasteiger partial charge in [-0.2, -0.15) is 0 Å². The van der Waals surface area contributed by atoms with Gasteiger partial charge in [-0.15, -0.1) is 0 Å². The SMILES string of the molecule is CNCCC(=O)NC1CCC(C(=O)O)C1. The number of amides is 1. The van der Waals surface area contributed by atoms with E-state index in [2.05, 4.69) is 10.6 Å². The molecule has 1 saturated carbocycles. The standard InChI is InChI=1S/C10H18N2O3/c1-11-5-4-9(13)12-8-3-2-7(6-8)10(14)15/h7-8,11H,2-6H2,1H3,(H,12,13)(H,14,15). The van der Waals surface area contributed by atoms with Crippen LogP contribution in [0.1, 0.15) is 25.7 Å². The van der Waals surface area contributed by atoms with Crippen LogP contribution < -0.4 is 10.6 Å². The van der Waals surface area contributed by atoms with Crippen molar-refractivity contribution in [3.8, 4) is 0 Å². The third kappa shape index (κ3) is 3.87. The Morgan fingerprint density at radius 3 is 2.67 bits per heavy atom. The van der Waals surface area contributed by atoms with E-state index in [-0.39, 0.29) is 17.9 Å². The summed E-state index contributed by atoms with van der Waals surface area (Å²) in [5.74, 6) is -1.03. The molecule has 0 aromatic heterocycles. The van der Waals surface area contributed by atoms with Gasteiger partial charge in [0.2, 0.25) is 5.91 Å². The normalized spacial score (nSPS) is 25.1. The molecule has 0 bridgehead atoms. The van der Waals surface area contributed by atoms with Crippen molar-refractivity contribution in [1.29, 1.82) is 0 Å². The van der Waals surface area contributed by atoms with Crippen LogP contribution in [0.3, 0.4) is 0 Å². The Bertz CT molecular complexity index is 243. The average molecular weight is 214 g/mol. The second-order valence-corrected chi connectivity index (χ2v) is 3.97. The molecule has 5 heteroatoms. The molecule has 1 amide bonds. The summed E-state index contributed by atoms with van der Waals surface area (Å²) in [4.78, 5) is 22.0. The summed E-state index contributed by atoms with van der Waals surface area (Å²) in [5.41, 5.74) is 0. The van der Waals surface area contributed by atoms with Crippen molar-refractivity contribution in [1.82, 2.24) is 10.6 Å². The lowest BCUT2D eigenvalue weighted by Crippen LogP contribution is -2.34. The highest BCUT2D eigenvalue weighted by Crippen LogP contribution is 2.25. The van der Waals surface area contributed by atoms with E-state index < -0.39 is 5.97 Å². The molecule has 1 rings (SSSR count). The van der Waals surface area contributed by atoms with Crippen LogP contribution >= 0.6 is 0 Å². The molecule has 86 valence electrons. The minimum atomic E-state index is -0.748. The van der Waals surface area contributed by atoms with Gasteiger partial charge in [0, 0.05) is 19.0 Å². The highest BCUT2D eigenvalue weighted by atomic mass is 16.4. The van der Waals surface area contributed by atoms with E-state index >= 15 is 0 Å². The van der Waals surface area contributed by atoms with Gasteiger partial charge in [0.05, 0.1) is 5.92 Å². The quantitative estimate of drug-likeness (QED) is 0.600. The number of hydrogen-bond donors (Lipinski definition) is 3. The minimum absolute atomic E-state index is 0.000360. The van der Waals surface area contributed by atoms with E-state index in [1.165, 1.54) is 0 Å². The van der Waals surface area contributed by atoms with Crippen molar-refractivity contribution in [3.63, 3.8) is 0 Å². The molecule has 0 heterocycles. The molecule has 0 aromatic carbocycles. The molecule has 1 aliphatic carbocycles. The maximum Gasteiger partial charge on any atom is 0.306 e. The van der Waals surface area contributed by atoms with Gasteiger partial charge in [0.25, 0.3) is 0 Å². The van der Waals surface area contributed by atoms with Gasteiger partial charge < -0.3 is 15.7 Å². The molecule has 0 spiro atoms. The highest BCUT2D eigenvalue weighted by Gasteiger charge is 2.30. The van der Waals surface area contributed by atoms with E-state index in [4.69, 9.17) is 5.11 Å². The van der Waals surface area contributed by atoms with Crippen LogP contribution in [0.25, 0.3) is 0 Å². The number of carboxylic acids is 1. The molecule has 1 fully saturated rings. The molecule has 1 aliphatic rings. The molecular weight excluding hydrogens is 196 g/mol. The molecule has 2 atom stereocenters. The van der Waals surface area contributed by atoms with Crippen LogP contribution in [0.15, 0.2) is 0 Å². The summed E-state index contributed by atoms with van der Waals surface area (Å²) in [6, 6.07) is 0.0513. The second-order valence-electron chi connectivity index (χ2n) is 3.97. The molecule has 0 saturated heterocycles. The van der Waals surface area contributed by atoms with Crippen LogP contribution in [0, 0.1) is 5.92 Å². The van der Waals surface area contributed by atoms with Gasteiger partial charge in [-0.3, -0.25) is 9.59 Å². The summed E-state index contributed by atoms with van der Waals surface area (Å²) >= 11 is 0. The molecule has 0 radical (unpaired) electrons. The number of carbonyl (C=O) groups excluding carboxylic acids is 1. The summed E-state index contributed by atoms with van der Waals surface area (Å²) < 4.78 is 0. The largest absolute Gasteiger partial charge is 0.481 e. The zero-order valence-electron chi connectivity index (χ0n) is 8.95. The van der Waals surface area contributed by atoms with Crippen LogP contribution in [-0.4, -0.2) is 36.6 Å². The summed E-state index contributed by atoms with van der Waals surface area (Å²) in [6.07, 6.45) is 2.47. The fourth-order valence-corrected chi connectivity index (χ4v) is 1.88. The van der Waals surface area contributed by atoms with E-state index in [9.17, 15) is 9.59 Å². The number of carbonyl (C=O) groups is 2. The second kappa shape index (κ2) is 5.70. The number of carboxylic acid groups (broad SMARTS) is 1. The Labute approximate surface area is 89.2 Å². The van der Waals surface area contributed by atoms with Gasteiger partial charge in [-0.25, -0.2) is 0 Å². The first-order chi connectivity index (χ1) is 7.13. The van der Waals surface area contributed by atoms with E-state index in [0.717, 1.165) is 6.42 Å². The lowest BCUT2D eigenvalue weighted by molar-refractivity contribution is -0.141. The van der Waals surface area contributed by atoms with E-state index in [1.54, 1.807) is 7.05 Å². The smallest absolute Gasteiger partial charge is 0.306 e. The Morgan fingerprint density at radius 1 is 1.40 bits per heavy atom. The van der Waals surface area contributed by atoms with Gasteiger partial charge in [0.1, 0.15) is 0 Å². The Hall–Kier alpha value is -1.10. The maximum atomic E-state index is 11.3. The predicted octanol–water partition coefficient (Wildman–Crippen LogP) is -0.0346. The summed E-state index contributed by atoms with van der Waals surface area (Å²) in [6.45, 7) is 0.654. The molecule has 0 aliphatic heterocycles. The Morgan fingerprint density at radius 2 is 2.13 bits per heavy atom. The van der Waals surface area contributed by atoms with Crippen molar-refractivity contribution in [2.75, 3.05) is 13.6 Å². The van der Waals surface area contributed by atoms with E-state index in [0.29, 0.717) is 25.8 Å². The van der Waals surface area contributed by atoms with Crippen molar-refractivity contribution in [2.24, 2.45) is 5.92 Å². The Balaban J connectivity index is 2.23. The van der Waals surface area contributed by atoms with Gasteiger partial charge in [0.15, 0.2) is 0 Å². The first-order valence-electron chi connectivity index (χ1n) is 5.30. The number of rotatable bonds is 5. The zero-order chi connectivity index (χ0) is 11.3. The fourth-order valence-electron chi connectivity index (χ4n) is 1.88. The van der Waals surface area contributed by atoms with Gasteiger partial charge in [-0.1, -0.05) is 0 Å². The molecule has 2 unspecified atom stereocenters. The van der Waals surface area contributed by atoms with Crippen LogP contribution in [0.4, 0.5) is 0 Å². The third-order valence-electron chi connectivity index (χ3n) is 2.75. The Kier molecular flexibility index (Phi) is 4.55. The van der Waals surface area contributed by atoms with Crippen LogP contribution in [-0.2, 0) is 9.59 Å². The predicted molar refractivity (Wildman–Crippen MR) is 55.5 cm³/mol. The third-order valence-corrected chi connectivity index (χ3v) is 2.75. The molecule has 5 nitrogen and oxygen atoms in total. The molecule has 15 heavy (non-hydrogen) atoms. The zero-order valence-corrected chi connectivity index (χ0v) is 8.95. The lowest BCUT2D eigenvalue weighted by atomic mass is 10.1. The minimum Gasteiger partial charge on any atom is -0.481 e. The number of nitrogens with one attached hydrogen (secondary N) is 2. The number of aliphatic carboxylic acids is 1. The van der Waals surface area contributed by atoms with Gasteiger partial charge in [-0.05, 0) is 26.3 Å². The van der Waals surface area contributed by atoms with Crippen molar-refractivity contribution in [2.45, 2.75) is 31.7 Å². The van der Waals surface area contributed by atoms with Crippen molar-refractivity contribution >= 4 is 11.9 Å². The summed E-state index contributed by atoms with van der Waals surface area (Å²) in [5, 5.41) is 14.5. The fraction of sp³-hybridized carbons (Fsp3) is 0.800.